The summed E-state index contributed by atoms with van der Waals surface area (Å²) in [4.78, 5) is 0. The van der Waals surface area contributed by atoms with Gasteiger partial charge in [0, 0.05) is 5.30 Å². The van der Waals surface area contributed by atoms with Crippen LogP contribution >= 0.6 is 27.2 Å². The van der Waals surface area contributed by atoms with Crippen LogP contribution in [0.4, 0.5) is 0 Å². The summed E-state index contributed by atoms with van der Waals surface area (Å²) in [6.45, 7) is 4.45. The number of benzene rings is 1. The molecule has 0 atom stereocenters. The van der Waals surface area contributed by atoms with E-state index in [0.29, 0.717) is 0 Å². The van der Waals surface area contributed by atoms with Gasteiger partial charge < -0.3 is 0 Å². The highest BCUT2D eigenvalue weighted by atomic mass is 33.2. The first-order valence-corrected chi connectivity index (χ1v) is 11.7. The molecule has 0 radical (unpaired) electrons. The van der Waals surface area contributed by atoms with Crippen LogP contribution in [0.1, 0.15) is 26.7 Å². The molecule has 0 aliphatic carbocycles. The molecule has 0 unspecified atom stereocenters. The number of hydrogen-bond acceptors (Lipinski definition) is 3. The summed E-state index contributed by atoms with van der Waals surface area (Å²) in [7, 11) is 0. The van der Waals surface area contributed by atoms with E-state index in [1.807, 2.05) is 22.8 Å². The molecule has 1 aromatic rings. The van der Waals surface area contributed by atoms with E-state index in [9.17, 15) is 0 Å². The Hall–Kier alpha value is 0.570. The summed E-state index contributed by atoms with van der Waals surface area (Å²) in [5.74, 6) is 2.37. The third kappa shape index (κ3) is 4.44. The minimum atomic E-state index is -1.44. The van der Waals surface area contributed by atoms with E-state index in [4.69, 9.17) is 11.8 Å². The van der Waals surface area contributed by atoms with Crippen molar-refractivity contribution in [2.45, 2.75) is 26.7 Å². The summed E-state index contributed by atoms with van der Waals surface area (Å²) in [5.41, 5.74) is 0. The number of rotatable bonds is 7. The molecule has 0 spiro atoms. The zero-order chi connectivity index (χ0) is 11.9. The largest absolute Gasteiger partial charge is 0.110 e. The molecule has 0 saturated carbocycles. The van der Waals surface area contributed by atoms with Gasteiger partial charge in [-0.3, -0.25) is 0 Å². The molecule has 0 aromatic heterocycles. The smallest absolute Gasteiger partial charge is 0.0849 e. The van der Waals surface area contributed by atoms with Crippen molar-refractivity contribution in [1.82, 2.24) is 0 Å². The first-order chi connectivity index (χ1) is 7.73. The molecule has 0 heterocycles. The minimum Gasteiger partial charge on any atom is -0.110 e. The van der Waals surface area contributed by atoms with Crippen molar-refractivity contribution in [3.63, 3.8) is 0 Å². The normalized spacial score (nSPS) is 11.6. The first-order valence-electron chi connectivity index (χ1n) is 5.67. The summed E-state index contributed by atoms with van der Waals surface area (Å²) in [6, 6.07) is 10.7. The Bertz CT molecular complexity index is 325. The van der Waals surface area contributed by atoms with E-state index in [-0.39, 0.29) is 0 Å². The second kappa shape index (κ2) is 7.81. The number of hydrogen-bond donors (Lipinski definition) is 0. The second-order valence-corrected chi connectivity index (χ2v) is 14.9. The van der Waals surface area contributed by atoms with Crippen LogP contribution in [0.5, 0.6) is 0 Å². The third-order valence-corrected chi connectivity index (χ3v) is 13.6. The van der Waals surface area contributed by atoms with Crippen molar-refractivity contribution in [2.24, 2.45) is 0 Å². The fourth-order valence-corrected chi connectivity index (χ4v) is 11.1. The average Bonchev–Trinajstić information content (AvgIpc) is 2.35. The van der Waals surface area contributed by atoms with Crippen molar-refractivity contribution in [2.75, 3.05) is 11.5 Å². The van der Waals surface area contributed by atoms with E-state index in [0.717, 1.165) is 0 Å². The van der Waals surface area contributed by atoms with Crippen LogP contribution in [0.2, 0.25) is 0 Å². The molecule has 1 aromatic carbocycles. The Labute approximate surface area is 112 Å². The third-order valence-electron chi connectivity index (χ3n) is 2.00. The average molecular weight is 290 g/mol. The van der Waals surface area contributed by atoms with Gasteiger partial charge in [-0.1, -0.05) is 56.0 Å². The molecule has 90 valence electrons. The van der Waals surface area contributed by atoms with Crippen LogP contribution < -0.4 is 5.30 Å². The van der Waals surface area contributed by atoms with Crippen molar-refractivity contribution < 1.29 is 0 Å². The highest BCUT2D eigenvalue weighted by Gasteiger charge is 2.19. The Morgan fingerprint density at radius 1 is 1.00 bits per heavy atom. The molecular formula is C12H19PS3. The highest BCUT2D eigenvalue weighted by molar-refractivity contribution is 9.02. The van der Waals surface area contributed by atoms with Crippen LogP contribution in [0.25, 0.3) is 0 Å². The molecule has 0 saturated heterocycles. The molecule has 0 aliphatic heterocycles. The predicted molar refractivity (Wildman–Crippen MR) is 85.9 cm³/mol. The van der Waals surface area contributed by atoms with E-state index in [2.05, 4.69) is 44.2 Å². The van der Waals surface area contributed by atoms with Gasteiger partial charge in [-0.2, -0.15) is 0 Å². The maximum absolute atomic E-state index is 5.94. The quantitative estimate of drug-likeness (QED) is 0.655. The van der Waals surface area contributed by atoms with Gasteiger partial charge in [0.05, 0.1) is 4.44 Å². The molecule has 0 amide bonds. The van der Waals surface area contributed by atoms with E-state index < -0.39 is 4.44 Å². The van der Waals surface area contributed by atoms with Crippen molar-refractivity contribution >= 4 is 44.3 Å². The molecule has 16 heavy (non-hydrogen) atoms. The van der Waals surface area contributed by atoms with Crippen molar-refractivity contribution in [1.29, 1.82) is 0 Å². The molecule has 0 nitrogen and oxygen atoms in total. The van der Waals surface area contributed by atoms with Gasteiger partial charge in [0.15, 0.2) is 0 Å². The summed E-state index contributed by atoms with van der Waals surface area (Å²) in [5, 5.41) is 1.38. The fourth-order valence-electron chi connectivity index (χ4n) is 1.22. The molecule has 4 heteroatoms. The molecule has 0 bridgehead atoms. The van der Waals surface area contributed by atoms with Crippen LogP contribution in [0.15, 0.2) is 30.3 Å². The Morgan fingerprint density at radius 3 is 1.94 bits per heavy atom. The van der Waals surface area contributed by atoms with Crippen LogP contribution in [0.3, 0.4) is 0 Å². The summed E-state index contributed by atoms with van der Waals surface area (Å²) < 4.78 is -1.44. The molecule has 0 fully saturated rings. The van der Waals surface area contributed by atoms with Gasteiger partial charge in [-0.15, -0.1) is 22.8 Å². The molecule has 0 N–H and O–H groups in total. The van der Waals surface area contributed by atoms with E-state index in [1.54, 1.807) is 0 Å². The zero-order valence-corrected chi connectivity index (χ0v) is 13.2. The van der Waals surface area contributed by atoms with E-state index in [1.165, 1.54) is 29.7 Å². The van der Waals surface area contributed by atoms with Gasteiger partial charge >= 0.3 is 0 Å². The SMILES string of the molecule is CCCSP(=S)(SCCC)c1ccccc1. The Balaban J connectivity index is 2.82. The fraction of sp³-hybridized carbons (Fsp3) is 0.500. The highest BCUT2D eigenvalue weighted by Crippen LogP contribution is 2.68. The molecule has 1 rings (SSSR count). The molecule has 0 aliphatic rings. The maximum atomic E-state index is 5.94. The van der Waals surface area contributed by atoms with E-state index >= 15 is 0 Å². The van der Waals surface area contributed by atoms with Gasteiger partial charge in [-0.05, 0) is 24.3 Å². The molecular weight excluding hydrogens is 271 g/mol. The van der Waals surface area contributed by atoms with Crippen LogP contribution in [0, 0.1) is 0 Å². The lowest BCUT2D eigenvalue weighted by molar-refractivity contribution is 1.11. The lowest BCUT2D eigenvalue weighted by Crippen LogP contribution is -1.99. The monoisotopic (exact) mass is 290 g/mol. The minimum absolute atomic E-state index is 1.18. The first kappa shape index (κ1) is 14.6. The van der Waals surface area contributed by atoms with Gasteiger partial charge in [-0.25, -0.2) is 0 Å². The van der Waals surface area contributed by atoms with Gasteiger partial charge in [0.2, 0.25) is 0 Å². The van der Waals surface area contributed by atoms with Crippen molar-refractivity contribution in [3.8, 4) is 0 Å². The zero-order valence-electron chi connectivity index (χ0n) is 9.89. The summed E-state index contributed by atoms with van der Waals surface area (Å²) >= 11 is 9.95. The predicted octanol–water partition coefficient (Wildman–Crippen LogP) is 4.91. The van der Waals surface area contributed by atoms with Crippen LogP contribution in [-0.2, 0) is 11.8 Å². The van der Waals surface area contributed by atoms with Gasteiger partial charge in [0.1, 0.15) is 0 Å². The standard InChI is InChI=1S/C12H19PS3/c1-3-10-15-13(14,16-11-4-2)12-8-6-5-7-9-12/h5-9H,3-4,10-11H2,1-2H3. The Kier molecular flexibility index (Phi) is 7.14. The van der Waals surface area contributed by atoms with Crippen molar-refractivity contribution in [3.05, 3.63) is 30.3 Å². The lowest BCUT2D eigenvalue weighted by Gasteiger charge is -2.20. The topological polar surface area (TPSA) is 0 Å². The Morgan fingerprint density at radius 2 is 1.50 bits per heavy atom. The second-order valence-electron chi connectivity index (χ2n) is 3.50. The van der Waals surface area contributed by atoms with Crippen LogP contribution in [-0.4, -0.2) is 11.5 Å². The maximum Gasteiger partial charge on any atom is 0.0849 e. The van der Waals surface area contributed by atoms with Gasteiger partial charge in [0.25, 0.3) is 0 Å². The lowest BCUT2D eigenvalue weighted by atomic mass is 10.4. The summed E-state index contributed by atoms with van der Waals surface area (Å²) in [6.07, 6.45) is 2.42.